The number of hydrogen-bond donors (Lipinski definition) is 2. The van der Waals surface area contributed by atoms with Crippen LogP contribution < -0.4 is 10.3 Å². The van der Waals surface area contributed by atoms with Crippen molar-refractivity contribution in [2.24, 2.45) is 0 Å². The molecule has 0 amide bonds. The number of carbonyl (C=O) groups is 1. The van der Waals surface area contributed by atoms with E-state index in [-0.39, 0.29) is 12.1 Å². The molecule has 3 aromatic heterocycles. The van der Waals surface area contributed by atoms with E-state index < -0.39 is 17.3 Å². The van der Waals surface area contributed by atoms with Gasteiger partial charge in [0.05, 0.1) is 23.9 Å². The van der Waals surface area contributed by atoms with Crippen molar-refractivity contribution in [3.63, 3.8) is 0 Å². The van der Waals surface area contributed by atoms with E-state index in [1.165, 1.54) is 11.7 Å². The molecule has 0 atom stereocenters. The summed E-state index contributed by atoms with van der Waals surface area (Å²) in [4.78, 5) is 27.7. The van der Waals surface area contributed by atoms with Crippen LogP contribution >= 0.6 is 11.3 Å². The van der Waals surface area contributed by atoms with Gasteiger partial charge in [0, 0.05) is 12.3 Å². The van der Waals surface area contributed by atoms with Gasteiger partial charge in [-0.15, -0.1) is 11.3 Å². The first-order chi connectivity index (χ1) is 11.0. The largest absolute Gasteiger partial charge is 0.502 e. The summed E-state index contributed by atoms with van der Waals surface area (Å²) in [6.07, 6.45) is 1.56. The van der Waals surface area contributed by atoms with Crippen LogP contribution in [0.25, 0.3) is 10.2 Å². The van der Waals surface area contributed by atoms with E-state index in [2.05, 4.69) is 4.98 Å². The molecule has 8 heteroatoms. The Labute approximate surface area is 134 Å². The van der Waals surface area contributed by atoms with E-state index in [0.29, 0.717) is 16.1 Å². The van der Waals surface area contributed by atoms with Gasteiger partial charge in [0.25, 0.3) is 5.56 Å². The predicted molar refractivity (Wildman–Crippen MR) is 84.6 cm³/mol. The molecule has 0 aliphatic rings. The summed E-state index contributed by atoms with van der Waals surface area (Å²) in [6, 6.07) is 5.07. The molecule has 7 nitrogen and oxygen atoms in total. The van der Waals surface area contributed by atoms with Crippen LogP contribution in [0.15, 0.2) is 34.6 Å². The first-order valence-electron chi connectivity index (χ1n) is 6.58. The van der Waals surface area contributed by atoms with E-state index in [1.807, 2.05) is 0 Å². The molecule has 0 saturated carbocycles. The number of nitrogens with zero attached hydrogens (tertiary/aromatic N) is 2. The maximum absolute atomic E-state index is 12.3. The molecular formula is C15H12N2O5S. The molecule has 2 N–H and O–H groups in total. The summed E-state index contributed by atoms with van der Waals surface area (Å²) in [5.74, 6) is -1.63. The van der Waals surface area contributed by atoms with E-state index in [1.54, 1.807) is 29.8 Å². The lowest BCUT2D eigenvalue weighted by atomic mass is 10.2. The Morgan fingerprint density at radius 3 is 2.78 bits per heavy atom. The molecule has 3 heterocycles. The van der Waals surface area contributed by atoms with Crippen molar-refractivity contribution < 1.29 is 19.7 Å². The lowest BCUT2D eigenvalue weighted by Gasteiger charge is -2.11. The normalized spacial score (nSPS) is 10.8. The highest BCUT2D eigenvalue weighted by molar-refractivity contribution is 7.17. The number of aromatic carboxylic acids is 1. The maximum Gasteiger partial charge on any atom is 0.341 e. The van der Waals surface area contributed by atoms with E-state index in [4.69, 9.17) is 4.74 Å². The third kappa shape index (κ3) is 2.53. The van der Waals surface area contributed by atoms with Crippen molar-refractivity contribution in [2.75, 3.05) is 7.11 Å². The maximum atomic E-state index is 12.3. The molecule has 0 aliphatic carbocycles. The second-order valence-electron chi connectivity index (χ2n) is 4.76. The van der Waals surface area contributed by atoms with Crippen LogP contribution in [0.3, 0.4) is 0 Å². The van der Waals surface area contributed by atoms with Crippen LogP contribution in [-0.4, -0.2) is 32.8 Å². The van der Waals surface area contributed by atoms with Gasteiger partial charge in [0.1, 0.15) is 5.56 Å². The number of pyridine rings is 2. The van der Waals surface area contributed by atoms with Gasteiger partial charge in [0.2, 0.25) is 5.88 Å². The Bertz CT molecular complexity index is 943. The van der Waals surface area contributed by atoms with E-state index in [9.17, 15) is 19.8 Å². The minimum Gasteiger partial charge on any atom is -0.502 e. The minimum absolute atomic E-state index is 0.163. The van der Waals surface area contributed by atoms with Gasteiger partial charge in [0.15, 0.2) is 5.75 Å². The van der Waals surface area contributed by atoms with Gasteiger partial charge < -0.3 is 14.9 Å². The minimum atomic E-state index is -1.33. The molecule has 0 aliphatic heterocycles. The summed E-state index contributed by atoms with van der Waals surface area (Å²) < 4.78 is 6.67. The summed E-state index contributed by atoms with van der Waals surface area (Å²) >= 11 is 1.16. The number of carboxylic acid groups (broad SMARTS) is 1. The van der Waals surface area contributed by atoms with Crippen molar-refractivity contribution in [1.29, 1.82) is 0 Å². The molecule has 0 fully saturated rings. The fraction of sp³-hybridized carbons (Fsp3) is 0.133. The molecular weight excluding hydrogens is 320 g/mol. The van der Waals surface area contributed by atoms with Gasteiger partial charge in [-0.1, -0.05) is 6.07 Å². The zero-order valence-corrected chi connectivity index (χ0v) is 12.8. The average molecular weight is 332 g/mol. The molecule has 3 rings (SSSR count). The second kappa shape index (κ2) is 5.73. The van der Waals surface area contributed by atoms with Crippen LogP contribution in [0.5, 0.6) is 11.6 Å². The van der Waals surface area contributed by atoms with Crippen molar-refractivity contribution in [3.05, 3.63) is 51.3 Å². The van der Waals surface area contributed by atoms with Gasteiger partial charge >= 0.3 is 5.97 Å². The number of thiophene rings is 1. The van der Waals surface area contributed by atoms with Gasteiger partial charge in [-0.05, 0) is 17.0 Å². The van der Waals surface area contributed by atoms with Gasteiger partial charge in [-0.3, -0.25) is 9.36 Å². The quantitative estimate of drug-likeness (QED) is 0.757. The summed E-state index contributed by atoms with van der Waals surface area (Å²) in [6.45, 7) is 0.163. The fourth-order valence-corrected chi connectivity index (χ4v) is 3.25. The zero-order chi connectivity index (χ0) is 16.6. The van der Waals surface area contributed by atoms with Crippen LogP contribution in [0.2, 0.25) is 0 Å². The van der Waals surface area contributed by atoms with E-state index in [0.717, 1.165) is 16.9 Å². The number of carboxylic acids is 1. The predicted octanol–water partition coefficient (Wildman–Crippen LogP) is 1.92. The number of aromatic hydroxyl groups is 1. The Morgan fingerprint density at radius 1 is 1.39 bits per heavy atom. The first-order valence-corrected chi connectivity index (χ1v) is 7.46. The molecule has 0 saturated heterocycles. The number of methoxy groups -OCH3 is 1. The number of rotatable bonds is 4. The van der Waals surface area contributed by atoms with Crippen molar-refractivity contribution in [3.8, 4) is 11.6 Å². The number of aromatic nitrogens is 2. The average Bonchev–Trinajstić information content (AvgIpc) is 3.01. The highest BCUT2D eigenvalue weighted by atomic mass is 32.1. The summed E-state index contributed by atoms with van der Waals surface area (Å²) in [7, 11) is 1.50. The molecule has 0 radical (unpaired) electrons. The van der Waals surface area contributed by atoms with Crippen LogP contribution in [-0.2, 0) is 6.54 Å². The molecule has 118 valence electrons. The monoisotopic (exact) mass is 332 g/mol. The Balaban J connectivity index is 2.16. The molecule has 3 aromatic rings. The third-order valence-electron chi connectivity index (χ3n) is 3.41. The summed E-state index contributed by atoms with van der Waals surface area (Å²) in [5, 5.41) is 20.9. The van der Waals surface area contributed by atoms with Crippen molar-refractivity contribution >= 4 is 27.5 Å². The van der Waals surface area contributed by atoms with Crippen molar-refractivity contribution in [1.82, 2.24) is 9.55 Å². The molecule has 0 unspecified atom stereocenters. The Hall–Kier alpha value is -2.87. The van der Waals surface area contributed by atoms with Gasteiger partial charge in [-0.2, -0.15) is 0 Å². The number of hydrogen-bond acceptors (Lipinski definition) is 6. The van der Waals surface area contributed by atoms with Crippen LogP contribution in [0.4, 0.5) is 0 Å². The summed E-state index contributed by atoms with van der Waals surface area (Å²) in [5.41, 5.74) is 0.0853. The van der Waals surface area contributed by atoms with Gasteiger partial charge in [-0.25, -0.2) is 9.78 Å². The third-order valence-corrected chi connectivity index (χ3v) is 4.33. The molecule has 0 aromatic carbocycles. The Kier molecular flexibility index (Phi) is 3.75. The lowest BCUT2D eigenvalue weighted by molar-refractivity contribution is 0.0695. The number of ether oxygens (including phenoxy) is 1. The van der Waals surface area contributed by atoms with Crippen LogP contribution in [0.1, 0.15) is 15.9 Å². The standard InChI is InChI=1S/C15H12N2O5S/c1-22-10-3-2-8(6-16-10)7-17-9-4-5-23-13(9)11(15(20)21)12(18)14(17)19/h2-6,18H,7H2,1H3,(H,20,21). The number of fused-ring (bicyclic) bond motifs is 1. The Morgan fingerprint density at radius 2 is 2.17 bits per heavy atom. The molecule has 23 heavy (non-hydrogen) atoms. The molecule has 0 spiro atoms. The van der Waals surface area contributed by atoms with Crippen molar-refractivity contribution in [2.45, 2.75) is 6.54 Å². The molecule has 0 bridgehead atoms. The highest BCUT2D eigenvalue weighted by Gasteiger charge is 2.22. The lowest BCUT2D eigenvalue weighted by Crippen LogP contribution is -2.22. The van der Waals surface area contributed by atoms with E-state index >= 15 is 0 Å². The fourth-order valence-electron chi connectivity index (χ4n) is 2.32. The highest BCUT2D eigenvalue weighted by Crippen LogP contribution is 2.29. The second-order valence-corrected chi connectivity index (χ2v) is 5.68. The SMILES string of the molecule is COc1ccc(Cn2c(=O)c(O)c(C(=O)O)c3sccc32)cn1. The van der Waals surface area contributed by atoms with Crippen LogP contribution in [0, 0.1) is 0 Å². The topological polar surface area (TPSA) is 102 Å². The first kappa shape index (κ1) is 15.0. The smallest absolute Gasteiger partial charge is 0.341 e. The zero-order valence-electron chi connectivity index (χ0n) is 12.0.